The molecule has 0 saturated heterocycles. The molecule has 0 saturated carbocycles. The number of benzene rings is 1. The molecular formula is C22H21N5O3. The van der Waals surface area contributed by atoms with Gasteiger partial charge in [-0.15, -0.1) is 0 Å². The molecule has 8 nitrogen and oxygen atoms in total. The molecule has 1 amide bonds. The summed E-state index contributed by atoms with van der Waals surface area (Å²) in [6.45, 7) is 7.28. The Balaban J connectivity index is 1.49. The summed E-state index contributed by atoms with van der Waals surface area (Å²) < 4.78 is 13.2. The molecule has 0 fully saturated rings. The maximum Gasteiger partial charge on any atom is 0.259 e. The number of rotatable bonds is 5. The van der Waals surface area contributed by atoms with Crippen LogP contribution in [-0.4, -0.2) is 25.4 Å². The molecule has 0 unspecified atom stereocenters. The van der Waals surface area contributed by atoms with Crippen LogP contribution in [-0.2, 0) is 0 Å². The van der Waals surface area contributed by atoms with Gasteiger partial charge in [-0.3, -0.25) is 9.36 Å². The smallest absolute Gasteiger partial charge is 0.259 e. The summed E-state index contributed by atoms with van der Waals surface area (Å²) in [5, 5.41) is 2.86. The first-order valence-electron chi connectivity index (χ1n) is 9.41. The van der Waals surface area contributed by atoms with Crippen molar-refractivity contribution in [2.75, 3.05) is 5.32 Å². The van der Waals surface area contributed by atoms with Gasteiger partial charge in [-0.1, -0.05) is 0 Å². The first-order chi connectivity index (χ1) is 14.4. The van der Waals surface area contributed by atoms with Crippen molar-refractivity contribution in [3.8, 4) is 17.4 Å². The highest BCUT2D eigenvalue weighted by Gasteiger charge is 2.14. The number of amides is 1. The molecule has 4 rings (SSSR count). The Labute approximate surface area is 173 Å². The van der Waals surface area contributed by atoms with E-state index >= 15 is 0 Å². The van der Waals surface area contributed by atoms with Crippen LogP contribution in [0.5, 0.6) is 11.6 Å². The monoisotopic (exact) mass is 403 g/mol. The Morgan fingerprint density at radius 3 is 2.47 bits per heavy atom. The summed E-state index contributed by atoms with van der Waals surface area (Å²) in [5.74, 6) is 4.18. The van der Waals surface area contributed by atoms with Gasteiger partial charge in [-0.25, -0.2) is 9.97 Å². The second-order valence-corrected chi connectivity index (χ2v) is 6.86. The van der Waals surface area contributed by atoms with Gasteiger partial charge in [-0.05, 0) is 58.0 Å². The van der Waals surface area contributed by atoms with Crippen molar-refractivity contribution in [3.05, 3.63) is 77.5 Å². The number of nitrogens with one attached hydrogen (secondary N) is 1. The van der Waals surface area contributed by atoms with E-state index in [0.717, 1.165) is 5.82 Å². The molecule has 0 bridgehead atoms. The Bertz CT molecular complexity index is 1210. The zero-order chi connectivity index (χ0) is 21.3. The number of furan rings is 1. The van der Waals surface area contributed by atoms with Crippen molar-refractivity contribution >= 4 is 11.6 Å². The van der Waals surface area contributed by atoms with Crippen molar-refractivity contribution in [1.82, 2.24) is 19.5 Å². The third-order valence-corrected chi connectivity index (χ3v) is 4.49. The minimum absolute atomic E-state index is 0.218. The molecule has 0 aliphatic rings. The molecule has 152 valence electrons. The fraction of sp³-hybridized carbons (Fsp3) is 0.182. The quantitative estimate of drug-likeness (QED) is 0.526. The highest BCUT2D eigenvalue weighted by atomic mass is 16.5. The van der Waals surface area contributed by atoms with E-state index in [1.807, 2.05) is 24.6 Å². The van der Waals surface area contributed by atoms with Crippen LogP contribution in [0.4, 0.5) is 5.69 Å². The number of anilines is 1. The molecule has 3 heterocycles. The highest BCUT2D eigenvalue weighted by molar-refractivity contribution is 6.05. The predicted octanol–water partition coefficient (Wildman–Crippen LogP) is 4.53. The summed E-state index contributed by atoms with van der Waals surface area (Å²) in [5.41, 5.74) is 1.17. The Hall–Kier alpha value is -3.94. The molecule has 8 heteroatoms. The zero-order valence-corrected chi connectivity index (χ0v) is 17.1. The maximum absolute atomic E-state index is 12.4. The predicted molar refractivity (Wildman–Crippen MR) is 111 cm³/mol. The van der Waals surface area contributed by atoms with E-state index in [-0.39, 0.29) is 5.91 Å². The lowest BCUT2D eigenvalue weighted by atomic mass is 10.2. The van der Waals surface area contributed by atoms with Crippen LogP contribution in [0.3, 0.4) is 0 Å². The standard InChI is InChI=1S/C22H21N5O3/c1-13-11-19(14(2)29-13)22(28)26-17-5-7-18(8-6-17)30-21-12-20(24-15(3)25-21)27-10-9-23-16(27)4/h5-12H,1-4H3,(H,26,28). The topological polar surface area (TPSA) is 95.1 Å². The van der Waals surface area contributed by atoms with E-state index in [9.17, 15) is 4.79 Å². The average molecular weight is 403 g/mol. The SMILES string of the molecule is Cc1nc(Oc2ccc(NC(=O)c3cc(C)oc3C)cc2)cc(-n2ccnc2C)n1. The minimum atomic E-state index is -0.218. The van der Waals surface area contributed by atoms with E-state index in [1.165, 1.54) is 0 Å². The van der Waals surface area contributed by atoms with Gasteiger partial charge in [0, 0.05) is 24.1 Å². The van der Waals surface area contributed by atoms with Gasteiger partial charge in [0.1, 0.15) is 34.7 Å². The van der Waals surface area contributed by atoms with Gasteiger partial charge in [0.2, 0.25) is 5.88 Å². The first kappa shape index (κ1) is 19.4. The molecule has 1 aromatic carbocycles. The lowest BCUT2D eigenvalue weighted by Crippen LogP contribution is -2.11. The summed E-state index contributed by atoms with van der Waals surface area (Å²) in [7, 11) is 0. The van der Waals surface area contributed by atoms with Gasteiger partial charge >= 0.3 is 0 Å². The van der Waals surface area contributed by atoms with Gasteiger partial charge < -0.3 is 14.5 Å². The second-order valence-electron chi connectivity index (χ2n) is 6.86. The van der Waals surface area contributed by atoms with Gasteiger partial charge in [0.15, 0.2) is 0 Å². The Kier molecular flexibility index (Phi) is 5.05. The molecule has 0 atom stereocenters. The number of imidazole rings is 1. The Morgan fingerprint density at radius 2 is 1.83 bits per heavy atom. The molecule has 0 aliphatic carbocycles. The van der Waals surface area contributed by atoms with E-state index < -0.39 is 0 Å². The number of nitrogens with zero attached hydrogens (tertiary/aromatic N) is 4. The van der Waals surface area contributed by atoms with Crippen molar-refractivity contribution in [3.63, 3.8) is 0 Å². The average Bonchev–Trinajstić information content (AvgIpc) is 3.27. The van der Waals surface area contributed by atoms with Crippen LogP contribution in [0.2, 0.25) is 0 Å². The molecular weight excluding hydrogens is 382 g/mol. The zero-order valence-electron chi connectivity index (χ0n) is 17.1. The van der Waals surface area contributed by atoms with E-state index in [0.29, 0.717) is 46.0 Å². The number of hydrogen-bond acceptors (Lipinski definition) is 6. The van der Waals surface area contributed by atoms with Crippen LogP contribution in [0.1, 0.15) is 33.5 Å². The summed E-state index contributed by atoms with van der Waals surface area (Å²) in [4.78, 5) is 25.4. The summed E-state index contributed by atoms with van der Waals surface area (Å²) in [6.07, 6.45) is 3.55. The highest BCUT2D eigenvalue weighted by Crippen LogP contribution is 2.24. The summed E-state index contributed by atoms with van der Waals surface area (Å²) >= 11 is 0. The van der Waals surface area contributed by atoms with Crippen LogP contribution >= 0.6 is 0 Å². The van der Waals surface area contributed by atoms with Crippen molar-refractivity contribution in [2.45, 2.75) is 27.7 Å². The molecule has 1 N–H and O–H groups in total. The van der Waals surface area contributed by atoms with Gasteiger partial charge in [0.05, 0.1) is 5.56 Å². The number of hydrogen-bond donors (Lipinski definition) is 1. The lowest BCUT2D eigenvalue weighted by molar-refractivity contribution is 0.102. The normalized spacial score (nSPS) is 10.8. The van der Waals surface area contributed by atoms with Crippen LogP contribution in [0, 0.1) is 27.7 Å². The number of ether oxygens (including phenoxy) is 1. The Morgan fingerprint density at radius 1 is 1.07 bits per heavy atom. The van der Waals surface area contributed by atoms with Crippen molar-refractivity contribution in [1.29, 1.82) is 0 Å². The third-order valence-electron chi connectivity index (χ3n) is 4.49. The minimum Gasteiger partial charge on any atom is -0.466 e. The fourth-order valence-corrected chi connectivity index (χ4v) is 3.10. The molecule has 0 radical (unpaired) electrons. The second kappa shape index (κ2) is 7.82. The molecule has 3 aromatic heterocycles. The van der Waals surface area contributed by atoms with Gasteiger partial charge in [0.25, 0.3) is 5.91 Å². The summed E-state index contributed by atoms with van der Waals surface area (Å²) in [6, 6.07) is 10.5. The fourth-order valence-electron chi connectivity index (χ4n) is 3.10. The largest absolute Gasteiger partial charge is 0.466 e. The van der Waals surface area contributed by atoms with E-state index in [4.69, 9.17) is 9.15 Å². The van der Waals surface area contributed by atoms with E-state index in [1.54, 1.807) is 56.4 Å². The number of aryl methyl sites for hydroxylation is 4. The van der Waals surface area contributed by atoms with E-state index in [2.05, 4.69) is 20.3 Å². The third kappa shape index (κ3) is 4.07. The van der Waals surface area contributed by atoms with Crippen molar-refractivity contribution < 1.29 is 13.9 Å². The van der Waals surface area contributed by atoms with Gasteiger partial charge in [-0.2, -0.15) is 4.98 Å². The molecule has 0 aliphatic heterocycles. The van der Waals surface area contributed by atoms with Crippen LogP contribution in [0.25, 0.3) is 5.82 Å². The number of carbonyl (C=O) groups excluding carboxylic acids is 1. The van der Waals surface area contributed by atoms with Crippen molar-refractivity contribution in [2.24, 2.45) is 0 Å². The molecule has 4 aromatic rings. The molecule has 30 heavy (non-hydrogen) atoms. The van der Waals surface area contributed by atoms with Crippen LogP contribution in [0.15, 0.2) is 53.2 Å². The number of carbonyl (C=O) groups is 1. The van der Waals surface area contributed by atoms with Crippen LogP contribution < -0.4 is 10.1 Å². The first-order valence-corrected chi connectivity index (χ1v) is 9.41. The number of aromatic nitrogens is 4. The molecule has 0 spiro atoms. The lowest BCUT2D eigenvalue weighted by Gasteiger charge is -2.10. The maximum atomic E-state index is 12.4.